The van der Waals surface area contributed by atoms with E-state index in [9.17, 15) is 19.8 Å². The van der Waals surface area contributed by atoms with E-state index in [-0.39, 0.29) is 24.3 Å². The van der Waals surface area contributed by atoms with Crippen LogP contribution in [-0.4, -0.2) is 64.8 Å². The maximum absolute atomic E-state index is 12.6. The number of hydrogen-bond donors (Lipinski definition) is 5. The summed E-state index contributed by atoms with van der Waals surface area (Å²) in [5.74, 6) is 1.93. The summed E-state index contributed by atoms with van der Waals surface area (Å²) >= 11 is 0. The lowest BCUT2D eigenvalue weighted by atomic mass is 9.62. The van der Waals surface area contributed by atoms with Gasteiger partial charge in [-0.3, -0.25) is 20.1 Å². The second-order valence-electron chi connectivity index (χ2n) is 12.7. The number of carboxylic acids is 1. The molecule has 4 aliphatic rings. The lowest BCUT2D eigenvalue weighted by Gasteiger charge is -2.44. The first-order valence-corrected chi connectivity index (χ1v) is 14.8. The number of amides is 1. The minimum absolute atomic E-state index is 0.00318. The Morgan fingerprint density at radius 3 is 2.29 bits per heavy atom. The second-order valence-corrected chi connectivity index (χ2v) is 12.7. The van der Waals surface area contributed by atoms with Gasteiger partial charge >= 0.3 is 5.97 Å². The molecule has 7 atom stereocenters. The molecular weight excluding hydrogens is 490 g/mol. The van der Waals surface area contributed by atoms with Crippen LogP contribution < -0.4 is 5.32 Å². The molecule has 6 unspecified atom stereocenters. The summed E-state index contributed by atoms with van der Waals surface area (Å²) in [6.07, 6.45) is 9.90. The summed E-state index contributed by atoms with van der Waals surface area (Å²) in [6.45, 7) is 8.29. The van der Waals surface area contributed by atoms with Crippen LogP contribution >= 0.6 is 0 Å². The highest BCUT2D eigenvalue weighted by Gasteiger charge is 2.45. The van der Waals surface area contributed by atoms with Gasteiger partial charge in [0.2, 0.25) is 5.91 Å². The molecule has 1 aliphatic heterocycles. The van der Waals surface area contributed by atoms with Gasteiger partial charge in [0.25, 0.3) is 0 Å². The van der Waals surface area contributed by atoms with Crippen molar-refractivity contribution in [2.75, 3.05) is 19.8 Å². The van der Waals surface area contributed by atoms with Crippen molar-refractivity contribution in [2.45, 2.75) is 104 Å². The number of aliphatic hydroxyl groups excluding tert-OH is 1. The number of aliphatic carboxylic acids is 1. The molecule has 3 aliphatic carbocycles. The second kappa shape index (κ2) is 14.4. The third-order valence-corrected chi connectivity index (χ3v) is 10.5. The summed E-state index contributed by atoms with van der Waals surface area (Å²) in [5, 5.41) is 35.4. The van der Waals surface area contributed by atoms with Crippen LogP contribution in [0, 0.1) is 46.8 Å². The summed E-state index contributed by atoms with van der Waals surface area (Å²) in [7, 11) is 0. The first kappa shape index (κ1) is 31.3. The third-order valence-electron chi connectivity index (χ3n) is 10.5. The number of carboxylic acid groups (broad SMARTS) is 1. The Morgan fingerprint density at radius 2 is 1.68 bits per heavy atom. The minimum Gasteiger partial charge on any atom is -0.481 e. The number of aliphatic hydroxyl groups is 1. The van der Waals surface area contributed by atoms with Crippen molar-refractivity contribution in [3.63, 3.8) is 0 Å². The van der Waals surface area contributed by atoms with Crippen LogP contribution in [0.1, 0.15) is 91.4 Å². The number of fused-ring (bicyclic) bond motifs is 1. The lowest BCUT2D eigenvalue weighted by Crippen LogP contribution is -2.49. The molecule has 0 bridgehead atoms. The van der Waals surface area contributed by atoms with Crippen LogP contribution in [0.25, 0.3) is 0 Å². The van der Waals surface area contributed by atoms with Gasteiger partial charge in [0.1, 0.15) is 0 Å². The van der Waals surface area contributed by atoms with Crippen molar-refractivity contribution in [1.29, 1.82) is 0 Å². The number of rotatable bonds is 9. The number of carbonyl (C=O) groups is 2. The highest BCUT2D eigenvalue weighted by Crippen LogP contribution is 2.47. The molecule has 9 nitrogen and oxygen atoms in total. The Morgan fingerprint density at radius 1 is 1.00 bits per heavy atom. The molecule has 4 rings (SSSR count). The summed E-state index contributed by atoms with van der Waals surface area (Å²) in [6, 6.07) is 0. The van der Waals surface area contributed by atoms with Crippen molar-refractivity contribution in [3.05, 3.63) is 0 Å². The highest BCUT2D eigenvalue weighted by atomic mass is 17.0. The molecule has 220 valence electrons. The summed E-state index contributed by atoms with van der Waals surface area (Å²) in [5.41, 5.74) is -0.745. The molecular formula is C29H51NO8. The van der Waals surface area contributed by atoms with Crippen molar-refractivity contribution >= 4 is 11.9 Å². The fraction of sp³-hybridized carbons (Fsp3) is 0.931. The van der Waals surface area contributed by atoms with E-state index in [1.807, 2.05) is 0 Å². The Labute approximate surface area is 227 Å². The summed E-state index contributed by atoms with van der Waals surface area (Å²) in [4.78, 5) is 24.2. The van der Waals surface area contributed by atoms with Crippen molar-refractivity contribution in [3.8, 4) is 0 Å². The monoisotopic (exact) mass is 541 g/mol. The van der Waals surface area contributed by atoms with Gasteiger partial charge in [-0.2, -0.15) is 0 Å². The molecule has 1 amide bonds. The fourth-order valence-electron chi connectivity index (χ4n) is 7.47. The Bertz CT molecular complexity index is 751. The van der Waals surface area contributed by atoms with Crippen LogP contribution in [0.3, 0.4) is 0 Å². The molecule has 4 fully saturated rings. The van der Waals surface area contributed by atoms with E-state index in [1.165, 1.54) is 12.8 Å². The van der Waals surface area contributed by atoms with E-state index in [0.29, 0.717) is 49.2 Å². The van der Waals surface area contributed by atoms with Crippen molar-refractivity contribution < 1.29 is 39.8 Å². The standard InChI is InChI=1S/C29H49NO6.H2O2/c1-18-5-11-24(25-16-35-19(2)6-12-23(18)25)20(3)27(32)36-15-21-7-9-22(10-8-21)26(31)30-17-29(28(33)34)13-4-14-29;1-2/h18-25,27,32H,4-17H2,1-3H3,(H,30,31)(H,33,34);1-2H/t18-,19?,20?,21?,22?,23?,24?,25?,27?;/m1./s1. The number of hydrogen-bond acceptors (Lipinski definition) is 7. The summed E-state index contributed by atoms with van der Waals surface area (Å²) < 4.78 is 12.2. The van der Waals surface area contributed by atoms with E-state index >= 15 is 0 Å². The number of carbonyl (C=O) groups excluding carboxylic acids is 1. The molecule has 0 spiro atoms. The smallest absolute Gasteiger partial charge is 0.311 e. The van der Waals surface area contributed by atoms with Crippen LogP contribution in [0.15, 0.2) is 0 Å². The van der Waals surface area contributed by atoms with E-state index in [1.54, 1.807) is 0 Å². The average Bonchev–Trinajstić information content (AvgIpc) is 3.10. The zero-order chi connectivity index (χ0) is 27.9. The molecule has 3 saturated carbocycles. The third kappa shape index (κ3) is 7.47. The van der Waals surface area contributed by atoms with Crippen LogP contribution in [0.2, 0.25) is 0 Å². The van der Waals surface area contributed by atoms with Gasteiger partial charge in [-0.1, -0.05) is 26.7 Å². The highest BCUT2D eigenvalue weighted by molar-refractivity contribution is 5.81. The number of nitrogens with one attached hydrogen (secondary N) is 1. The van der Waals surface area contributed by atoms with Crippen molar-refractivity contribution in [1.82, 2.24) is 5.32 Å². The van der Waals surface area contributed by atoms with Gasteiger partial charge in [0.15, 0.2) is 6.29 Å². The maximum Gasteiger partial charge on any atom is 0.311 e. The molecule has 1 saturated heterocycles. The first-order chi connectivity index (χ1) is 18.2. The Balaban J connectivity index is 0.00000195. The zero-order valence-electron chi connectivity index (χ0n) is 23.5. The molecule has 0 aromatic rings. The van der Waals surface area contributed by atoms with Crippen LogP contribution in [0.4, 0.5) is 0 Å². The van der Waals surface area contributed by atoms with Crippen LogP contribution in [-0.2, 0) is 19.1 Å². The Hall–Kier alpha value is -1.26. The quantitative estimate of drug-likeness (QED) is 0.161. The van der Waals surface area contributed by atoms with E-state index in [0.717, 1.165) is 57.5 Å². The van der Waals surface area contributed by atoms with Gasteiger partial charge in [0.05, 0.1) is 24.7 Å². The number of ether oxygens (including phenoxy) is 2. The topological polar surface area (TPSA) is 146 Å². The maximum atomic E-state index is 12.6. The van der Waals surface area contributed by atoms with Gasteiger partial charge < -0.3 is 25.0 Å². The SMILES string of the molecule is CC1CCC2C(CO1)C(C(C)C(O)OCC1CCC(C(=O)NCC3(C(=O)O)CCC3)CC1)CC[C@H]2C.OO. The predicted molar refractivity (Wildman–Crippen MR) is 142 cm³/mol. The molecule has 1 heterocycles. The van der Waals surface area contributed by atoms with Gasteiger partial charge in [-0.05, 0) is 94.3 Å². The first-order valence-electron chi connectivity index (χ1n) is 14.8. The molecule has 0 aromatic heterocycles. The average molecular weight is 542 g/mol. The largest absolute Gasteiger partial charge is 0.481 e. The van der Waals surface area contributed by atoms with E-state index < -0.39 is 17.7 Å². The van der Waals surface area contributed by atoms with Crippen molar-refractivity contribution in [2.24, 2.45) is 46.8 Å². The molecule has 0 radical (unpaired) electrons. The molecule has 38 heavy (non-hydrogen) atoms. The zero-order valence-corrected chi connectivity index (χ0v) is 23.5. The molecule has 9 heteroatoms. The molecule has 0 aromatic carbocycles. The van der Waals surface area contributed by atoms with Gasteiger partial charge in [-0.25, -0.2) is 0 Å². The molecule has 5 N–H and O–H groups in total. The minimum atomic E-state index is -0.790. The van der Waals surface area contributed by atoms with Crippen LogP contribution in [0.5, 0.6) is 0 Å². The predicted octanol–water partition coefficient (Wildman–Crippen LogP) is 4.63. The van der Waals surface area contributed by atoms with E-state index in [4.69, 9.17) is 20.0 Å². The fourth-order valence-corrected chi connectivity index (χ4v) is 7.47. The normalized spacial score (nSPS) is 36.2. The van der Waals surface area contributed by atoms with Gasteiger partial charge in [-0.15, -0.1) is 0 Å². The van der Waals surface area contributed by atoms with E-state index in [2.05, 4.69) is 26.1 Å². The Kier molecular flexibility index (Phi) is 11.8. The van der Waals surface area contributed by atoms with Gasteiger partial charge in [0, 0.05) is 18.4 Å². The lowest BCUT2D eigenvalue weighted by molar-refractivity contribution is -0.176.